The summed E-state index contributed by atoms with van der Waals surface area (Å²) in [4.78, 5) is 7.62. The van der Waals surface area contributed by atoms with Crippen LogP contribution in [0, 0.1) is 17.1 Å². The predicted molar refractivity (Wildman–Crippen MR) is 68.7 cm³/mol. The Kier molecular flexibility index (Phi) is 3.12. The van der Waals surface area contributed by atoms with Gasteiger partial charge in [-0.05, 0) is 28.1 Å². The van der Waals surface area contributed by atoms with Gasteiger partial charge < -0.3 is 11.5 Å². The SMILES string of the molecule is N#Cc1c(N)nc(N)nc1-c1ccc(Br)c(F)c1. The second-order valence-electron chi connectivity index (χ2n) is 3.43. The highest BCUT2D eigenvalue weighted by Crippen LogP contribution is 2.28. The molecule has 4 N–H and O–H groups in total. The average molecular weight is 308 g/mol. The molecule has 0 aliphatic carbocycles. The largest absolute Gasteiger partial charge is 0.382 e. The number of nitriles is 1. The molecule has 1 heterocycles. The smallest absolute Gasteiger partial charge is 0.222 e. The van der Waals surface area contributed by atoms with E-state index in [-0.39, 0.29) is 23.0 Å². The molecule has 18 heavy (non-hydrogen) atoms. The van der Waals surface area contributed by atoms with Gasteiger partial charge in [-0.15, -0.1) is 0 Å². The van der Waals surface area contributed by atoms with E-state index in [0.717, 1.165) is 0 Å². The molecule has 0 atom stereocenters. The van der Waals surface area contributed by atoms with E-state index in [1.165, 1.54) is 12.1 Å². The molecular weight excluding hydrogens is 301 g/mol. The van der Waals surface area contributed by atoms with Crippen LogP contribution in [0.25, 0.3) is 11.3 Å². The van der Waals surface area contributed by atoms with E-state index in [1.807, 2.05) is 6.07 Å². The second kappa shape index (κ2) is 4.58. The molecule has 7 heteroatoms. The summed E-state index contributed by atoms with van der Waals surface area (Å²) in [7, 11) is 0. The summed E-state index contributed by atoms with van der Waals surface area (Å²) >= 11 is 3.04. The molecular formula is C11H7BrFN5. The normalized spacial score (nSPS) is 10.1. The Labute approximate surface area is 110 Å². The highest BCUT2D eigenvalue weighted by atomic mass is 79.9. The van der Waals surface area contributed by atoms with Gasteiger partial charge in [-0.1, -0.05) is 6.07 Å². The van der Waals surface area contributed by atoms with Crippen LogP contribution < -0.4 is 11.5 Å². The van der Waals surface area contributed by atoms with Crippen molar-refractivity contribution in [3.05, 3.63) is 34.1 Å². The number of nitrogens with two attached hydrogens (primary N) is 2. The van der Waals surface area contributed by atoms with Crippen LogP contribution >= 0.6 is 15.9 Å². The molecule has 5 nitrogen and oxygen atoms in total. The number of anilines is 2. The first-order chi connectivity index (χ1) is 8.52. The summed E-state index contributed by atoms with van der Waals surface area (Å²) < 4.78 is 13.8. The average Bonchev–Trinajstić information content (AvgIpc) is 2.32. The van der Waals surface area contributed by atoms with Gasteiger partial charge >= 0.3 is 0 Å². The molecule has 0 unspecified atom stereocenters. The van der Waals surface area contributed by atoms with E-state index >= 15 is 0 Å². The van der Waals surface area contributed by atoms with Crippen molar-refractivity contribution in [1.82, 2.24) is 9.97 Å². The molecule has 0 aliphatic heterocycles. The summed E-state index contributed by atoms with van der Waals surface area (Å²) in [5.74, 6) is -0.555. The van der Waals surface area contributed by atoms with Crippen molar-refractivity contribution in [3.8, 4) is 17.3 Å². The number of benzene rings is 1. The summed E-state index contributed by atoms with van der Waals surface area (Å²) in [5.41, 5.74) is 11.8. The number of halogens is 2. The van der Waals surface area contributed by atoms with Gasteiger partial charge in [0.25, 0.3) is 0 Å². The van der Waals surface area contributed by atoms with E-state index in [9.17, 15) is 4.39 Å². The number of hydrogen-bond acceptors (Lipinski definition) is 5. The fourth-order valence-corrected chi connectivity index (χ4v) is 1.71. The maximum atomic E-state index is 13.5. The van der Waals surface area contributed by atoms with Gasteiger partial charge in [0, 0.05) is 5.56 Å². The Hall–Kier alpha value is -2.20. The van der Waals surface area contributed by atoms with Crippen molar-refractivity contribution in [2.45, 2.75) is 0 Å². The number of hydrogen-bond donors (Lipinski definition) is 2. The number of nitrogen functional groups attached to an aromatic ring is 2. The molecule has 0 spiro atoms. The van der Waals surface area contributed by atoms with Gasteiger partial charge in [0.15, 0.2) is 0 Å². The zero-order chi connectivity index (χ0) is 13.3. The molecule has 0 aliphatic rings. The van der Waals surface area contributed by atoms with Crippen molar-refractivity contribution < 1.29 is 4.39 Å². The fraction of sp³-hybridized carbons (Fsp3) is 0. The van der Waals surface area contributed by atoms with Gasteiger partial charge in [-0.3, -0.25) is 0 Å². The summed E-state index contributed by atoms with van der Waals surface area (Å²) in [5, 5.41) is 9.02. The second-order valence-corrected chi connectivity index (χ2v) is 4.29. The quantitative estimate of drug-likeness (QED) is 0.840. The lowest BCUT2D eigenvalue weighted by Gasteiger charge is -2.07. The van der Waals surface area contributed by atoms with E-state index in [2.05, 4.69) is 25.9 Å². The Balaban J connectivity index is 2.70. The van der Waals surface area contributed by atoms with Crippen LogP contribution in [0.15, 0.2) is 22.7 Å². The maximum absolute atomic E-state index is 13.5. The Morgan fingerprint density at radius 3 is 2.61 bits per heavy atom. The van der Waals surface area contributed by atoms with E-state index < -0.39 is 5.82 Å². The third-order valence-corrected chi connectivity index (χ3v) is 2.90. The number of aromatic nitrogens is 2. The maximum Gasteiger partial charge on any atom is 0.222 e. The predicted octanol–water partition coefficient (Wildman–Crippen LogP) is 2.08. The van der Waals surface area contributed by atoms with Crippen molar-refractivity contribution >= 4 is 27.7 Å². The van der Waals surface area contributed by atoms with Crippen molar-refractivity contribution in [3.63, 3.8) is 0 Å². The third kappa shape index (κ3) is 2.10. The summed E-state index contributed by atoms with van der Waals surface area (Å²) in [6.07, 6.45) is 0. The standard InChI is InChI=1S/C11H7BrFN5/c12-7-2-1-5(3-8(7)13)9-6(4-14)10(15)18-11(16)17-9/h1-3H,(H4,15,16,17,18). The first kappa shape index (κ1) is 12.3. The first-order valence-corrected chi connectivity index (χ1v) is 5.60. The van der Waals surface area contributed by atoms with Gasteiger partial charge in [0.05, 0.1) is 10.2 Å². The van der Waals surface area contributed by atoms with Crippen molar-refractivity contribution in [2.24, 2.45) is 0 Å². The Morgan fingerprint density at radius 1 is 1.28 bits per heavy atom. The van der Waals surface area contributed by atoms with Gasteiger partial charge in [-0.25, -0.2) is 9.37 Å². The van der Waals surface area contributed by atoms with Crippen LogP contribution in [0.1, 0.15) is 5.56 Å². The minimum Gasteiger partial charge on any atom is -0.382 e. The summed E-state index contributed by atoms with van der Waals surface area (Å²) in [6, 6.07) is 6.25. The van der Waals surface area contributed by atoms with Crippen LogP contribution in [-0.2, 0) is 0 Å². The zero-order valence-electron chi connectivity index (χ0n) is 8.98. The van der Waals surface area contributed by atoms with Gasteiger partial charge in [0.2, 0.25) is 5.95 Å². The summed E-state index contributed by atoms with van der Waals surface area (Å²) in [6.45, 7) is 0. The molecule has 0 bridgehead atoms. The van der Waals surface area contributed by atoms with Crippen molar-refractivity contribution in [1.29, 1.82) is 5.26 Å². The lowest BCUT2D eigenvalue weighted by Crippen LogP contribution is -2.05. The highest BCUT2D eigenvalue weighted by Gasteiger charge is 2.14. The minimum atomic E-state index is -0.466. The lowest BCUT2D eigenvalue weighted by atomic mass is 10.1. The minimum absolute atomic E-state index is 0.0247. The molecule has 2 aromatic rings. The first-order valence-electron chi connectivity index (χ1n) is 4.81. The Morgan fingerprint density at radius 2 is 2.00 bits per heavy atom. The molecule has 0 amide bonds. The van der Waals surface area contributed by atoms with Crippen molar-refractivity contribution in [2.75, 3.05) is 11.5 Å². The fourth-order valence-electron chi connectivity index (χ4n) is 1.46. The third-order valence-electron chi connectivity index (χ3n) is 2.26. The molecule has 1 aromatic heterocycles. The molecule has 0 saturated carbocycles. The van der Waals surface area contributed by atoms with Crippen LogP contribution in [0.2, 0.25) is 0 Å². The van der Waals surface area contributed by atoms with Crippen LogP contribution in [0.4, 0.5) is 16.2 Å². The molecule has 90 valence electrons. The van der Waals surface area contributed by atoms with Crippen LogP contribution in [0.5, 0.6) is 0 Å². The van der Waals surface area contributed by atoms with Gasteiger partial charge in [0.1, 0.15) is 23.3 Å². The van der Waals surface area contributed by atoms with E-state index in [4.69, 9.17) is 16.7 Å². The molecule has 0 radical (unpaired) electrons. The van der Waals surface area contributed by atoms with E-state index in [1.54, 1.807) is 6.07 Å². The lowest BCUT2D eigenvalue weighted by molar-refractivity contribution is 0.621. The molecule has 0 saturated heterocycles. The molecule has 0 fully saturated rings. The van der Waals surface area contributed by atoms with Crippen LogP contribution in [0.3, 0.4) is 0 Å². The van der Waals surface area contributed by atoms with Gasteiger partial charge in [-0.2, -0.15) is 10.2 Å². The molecule has 2 rings (SSSR count). The zero-order valence-corrected chi connectivity index (χ0v) is 10.6. The Bertz CT molecular complexity index is 665. The topological polar surface area (TPSA) is 102 Å². The van der Waals surface area contributed by atoms with Crippen LogP contribution in [-0.4, -0.2) is 9.97 Å². The van der Waals surface area contributed by atoms with E-state index in [0.29, 0.717) is 10.0 Å². The number of nitrogens with zero attached hydrogens (tertiary/aromatic N) is 3. The highest BCUT2D eigenvalue weighted by molar-refractivity contribution is 9.10. The monoisotopic (exact) mass is 307 g/mol. The number of rotatable bonds is 1. The molecule has 1 aromatic carbocycles.